The number of carboxylic acid groups (broad SMARTS) is 1. The first-order valence-electron chi connectivity index (χ1n) is 3.52. The molecule has 0 bridgehead atoms. The van der Waals surface area contributed by atoms with Gasteiger partial charge in [-0.05, 0) is 17.9 Å². The monoisotopic (exact) mass is 178 g/mol. The zero-order valence-electron chi connectivity index (χ0n) is 7.26. The molecule has 0 aliphatic rings. The molecule has 0 aliphatic carbocycles. The summed E-state index contributed by atoms with van der Waals surface area (Å²) in [5.41, 5.74) is 0. The van der Waals surface area contributed by atoms with Crippen molar-refractivity contribution < 1.29 is 9.90 Å². The highest BCUT2D eigenvalue weighted by Crippen LogP contribution is 1.95. The number of hydrogen-bond acceptors (Lipinski definition) is 2. The van der Waals surface area contributed by atoms with Gasteiger partial charge in [-0.3, -0.25) is 4.79 Å². The molecule has 0 saturated heterocycles. The molecule has 0 saturated carbocycles. The molecular formula is C7H16NO2S+. The van der Waals surface area contributed by atoms with Gasteiger partial charge >= 0.3 is 5.97 Å². The summed E-state index contributed by atoms with van der Waals surface area (Å²) < 4.78 is 0. The molecule has 1 unspecified atom stereocenters. The SMILES string of the molecule is CNC(CC[S+](C)C)C(=O)O. The number of hydrogen-bond donors (Lipinski definition) is 2. The maximum atomic E-state index is 10.5. The first-order valence-corrected chi connectivity index (χ1v) is 5.73. The molecule has 0 aromatic rings. The Labute approximate surface area is 70.5 Å². The van der Waals surface area contributed by atoms with Crippen molar-refractivity contribution in [3.8, 4) is 0 Å². The summed E-state index contributed by atoms with van der Waals surface area (Å²) in [5, 5.41) is 11.4. The highest BCUT2D eigenvalue weighted by Gasteiger charge is 2.17. The molecule has 0 aliphatic heterocycles. The van der Waals surface area contributed by atoms with Crippen LogP contribution in [0.25, 0.3) is 0 Å². The Morgan fingerprint density at radius 1 is 1.64 bits per heavy atom. The number of carboxylic acids is 1. The Morgan fingerprint density at radius 3 is 2.45 bits per heavy atom. The van der Waals surface area contributed by atoms with Crippen molar-refractivity contribution >= 4 is 16.9 Å². The van der Waals surface area contributed by atoms with Gasteiger partial charge in [0, 0.05) is 6.42 Å². The van der Waals surface area contributed by atoms with Gasteiger partial charge in [-0.15, -0.1) is 0 Å². The summed E-state index contributed by atoms with van der Waals surface area (Å²) in [7, 11) is 2.03. The van der Waals surface area contributed by atoms with Gasteiger partial charge in [0.1, 0.15) is 11.8 Å². The van der Waals surface area contributed by atoms with Crippen molar-refractivity contribution in [3.63, 3.8) is 0 Å². The van der Waals surface area contributed by atoms with E-state index in [1.807, 2.05) is 0 Å². The minimum atomic E-state index is -0.752. The van der Waals surface area contributed by atoms with Crippen molar-refractivity contribution in [1.29, 1.82) is 0 Å². The van der Waals surface area contributed by atoms with E-state index < -0.39 is 5.97 Å². The van der Waals surface area contributed by atoms with E-state index in [4.69, 9.17) is 5.11 Å². The molecule has 3 nitrogen and oxygen atoms in total. The fraction of sp³-hybridized carbons (Fsp3) is 0.857. The van der Waals surface area contributed by atoms with Gasteiger partial charge in [0.25, 0.3) is 0 Å². The van der Waals surface area contributed by atoms with Gasteiger partial charge in [-0.1, -0.05) is 0 Å². The molecule has 0 radical (unpaired) electrons. The van der Waals surface area contributed by atoms with Gasteiger partial charge < -0.3 is 10.4 Å². The van der Waals surface area contributed by atoms with Crippen LogP contribution in [0, 0.1) is 0 Å². The molecule has 4 heteroatoms. The van der Waals surface area contributed by atoms with E-state index in [0.29, 0.717) is 10.9 Å². The lowest BCUT2D eigenvalue weighted by Crippen LogP contribution is -2.35. The van der Waals surface area contributed by atoms with Crippen molar-refractivity contribution in [2.24, 2.45) is 0 Å². The quantitative estimate of drug-likeness (QED) is 0.579. The number of nitrogens with one attached hydrogen (secondary N) is 1. The first kappa shape index (κ1) is 10.8. The predicted octanol–water partition coefficient (Wildman–Crippen LogP) is -0.0730. The molecule has 0 aromatic heterocycles. The average molecular weight is 178 g/mol. The van der Waals surface area contributed by atoms with Crippen LogP contribution >= 0.6 is 0 Å². The van der Waals surface area contributed by atoms with Crippen LogP contribution in [0.15, 0.2) is 0 Å². The third kappa shape index (κ3) is 5.09. The molecule has 0 heterocycles. The lowest BCUT2D eigenvalue weighted by atomic mass is 10.2. The Hall–Kier alpha value is -0.220. The van der Waals surface area contributed by atoms with Crippen molar-refractivity contribution in [1.82, 2.24) is 5.32 Å². The molecule has 0 fully saturated rings. The lowest BCUT2D eigenvalue weighted by Gasteiger charge is -2.08. The van der Waals surface area contributed by atoms with E-state index in [9.17, 15) is 4.79 Å². The van der Waals surface area contributed by atoms with Crippen LogP contribution in [0.4, 0.5) is 0 Å². The largest absolute Gasteiger partial charge is 0.480 e. The molecule has 66 valence electrons. The van der Waals surface area contributed by atoms with E-state index in [2.05, 4.69) is 17.8 Å². The van der Waals surface area contributed by atoms with Crippen molar-refractivity contribution in [2.45, 2.75) is 12.5 Å². The molecule has 2 N–H and O–H groups in total. The molecule has 0 rings (SSSR count). The molecule has 0 spiro atoms. The van der Waals surface area contributed by atoms with Crippen LogP contribution < -0.4 is 5.32 Å². The van der Waals surface area contributed by atoms with E-state index in [1.54, 1.807) is 7.05 Å². The highest BCUT2D eigenvalue weighted by atomic mass is 32.2. The number of carbonyl (C=O) groups is 1. The first-order chi connectivity index (χ1) is 5.07. The Bertz CT molecular complexity index is 128. The number of rotatable bonds is 5. The third-order valence-corrected chi connectivity index (χ3v) is 2.51. The van der Waals surface area contributed by atoms with E-state index in [-0.39, 0.29) is 6.04 Å². The van der Waals surface area contributed by atoms with Crippen molar-refractivity contribution in [3.05, 3.63) is 0 Å². The summed E-state index contributed by atoms with van der Waals surface area (Å²) in [6, 6.07) is -0.370. The third-order valence-electron chi connectivity index (χ3n) is 1.46. The summed E-state index contributed by atoms with van der Waals surface area (Å²) in [6.07, 6.45) is 4.96. The smallest absolute Gasteiger partial charge is 0.320 e. The van der Waals surface area contributed by atoms with Gasteiger partial charge in [-0.25, -0.2) is 0 Å². The fourth-order valence-corrected chi connectivity index (χ4v) is 1.45. The number of likely N-dealkylation sites (N-methyl/N-ethyl adjacent to an activating group) is 1. The Kier molecular flexibility index (Phi) is 5.32. The second-order valence-electron chi connectivity index (χ2n) is 2.66. The molecular weight excluding hydrogens is 162 g/mol. The molecule has 0 amide bonds. The van der Waals surface area contributed by atoms with Gasteiger partial charge in [0.15, 0.2) is 0 Å². The maximum Gasteiger partial charge on any atom is 0.320 e. The Balaban J connectivity index is 3.61. The van der Waals surface area contributed by atoms with Crippen LogP contribution in [0.2, 0.25) is 0 Å². The summed E-state index contributed by atoms with van der Waals surface area (Å²) >= 11 is 0. The predicted molar refractivity (Wildman–Crippen MR) is 49.2 cm³/mol. The lowest BCUT2D eigenvalue weighted by molar-refractivity contribution is -0.139. The maximum absolute atomic E-state index is 10.5. The van der Waals surface area contributed by atoms with Gasteiger partial charge in [0.2, 0.25) is 0 Å². The van der Waals surface area contributed by atoms with Crippen LogP contribution in [-0.2, 0) is 15.7 Å². The average Bonchev–Trinajstić information content (AvgIpc) is 1.87. The zero-order chi connectivity index (χ0) is 8.85. The minimum absolute atomic E-state index is 0.342. The van der Waals surface area contributed by atoms with E-state index >= 15 is 0 Å². The van der Waals surface area contributed by atoms with Gasteiger partial charge in [0.05, 0.1) is 12.5 Å². The second kappa shape index (κ2) is 5.43. The van der Waals surface area contributed by atoms with Crippen LogP contribution in [0.5, 0.6) is 0 Å². The van der Waals surface area contributed by atoms with Crippen molar-refractivity contribution in [2.75, 3.05) is 25.3 Å². The topological polar surface area (TPSA) is 49.3 Å². The fourth-order valence-electron chi connectivity index (χ4n) is 0.745. The summed E-state index contributed by atoms with van der Waals surface area (Å²) in [6.45, 7) is 0. The highest BCUT2D eigenvalue weighted by molar-refractivity contribution is 7.95. The zero-order valence-corrected chi connectivity index (χ0v) is 8.07. The molecule has 0 aromatic carbocycles. The minimum Gasteiger partial charge on any atom is -0.480 e. The summed E-state index contributed by atoms with van der Waals surface area (Å²) in [5.74, 6) is 0.232. The van der Waals surface area contributed by atoms with E-state index in [1.165, 1.54) is 0 Å². The number of aliphatic carboxylic acids is 1. The normalized spacial score (nSPS) is 13.5. The van der Waals surface area contributed by atoms with Crippen LogP contribution in [0.1, 0.15) is 6.42 Å². The van der Waals surface area contributed by atoms with Gasteiger partial charge in [-0.2, -0.15) is 0 Å². The standard InChI is InChI=1S/C7H15NO2S/c1-8-6(7(9)10)4-5-11(2)3/h6,8H,4-5H2,1-3H3/p+1. The van der Waals surface area contributed by atoms with Crippen LogP contribution in [0.3, 0.4) is 0 Å². The van der Waals surface area contributed by atoms with Crippen LogP contribution in [-0.4, -0.2) is 42.4 Å². The summed E-state index contributed by atoms with van der Waals surface area (Å²) in [4.78, 5) is 10.5. The molecule has 11 heavy (non-hydrogen) atoms. The van der Waals surface area contributed by atoms with E-state index in [0.717, 1.165) is 12.2 Å². The Morgan fingerprint density at radius 2 is 2.18 bits per heavy atom. The second-order valence-corrected chi connectivity index (χ2v) is 5.04. The molecule has 1 atom stereocenters.